The van der Waals surface area contributed by atoms with Crippen LogP contribution < -0.4 is 9.47 Å². The first kappa shape index (κ1) is 25.1. The van der Waals surface area contributed by atoms with Crippen LogP contribution in [0.2, 0.25) is 0 Å². The molecule has 0 saturated heterocycles. The molecule has 1 aromatic carbocycles. The first-order valence-electron chi connectivity index (χ1n) is 10.1. The number of ketones is 1. The predicted octanol–water partition coefficient (Wildman–Crippen LogP) is 4.88. The topological polar surface area (TPSA) is 78.9 Å². The van der Waals surface area contributed by atoms with Crippen molar-refractivity contribution in [2.24, 2.45) is 17.8 Å². The van der Waals surface area contributed by atoms with Gasteiger partial charge in [0.2, 0.25) is 0 Å². The minimum Gasteiger partial charge on any atom is -0.496 e. The van der Waals surface area contributed by atoms with Gasteiger partial charge in [-0.15, -0.1) is 0 Å². The van der Waals surface area contributed by atoms with Crippen LogP contribution in [0, 0.1) is 17.8 Å². The number of ether oxygens (including phenoxy) is 3. The first-order valence-corrected chi connectivity index (χ1v) is 10.6. The molecule has 0 bridgehead atoms. The third kappa shape index (κ3) is 7.11. The van der Waals surface area contributed by atoms with Gasteiger partial charge in [0, 0.05) is 0 Å². The molecule has 29 heavy (non-hydrogen) atoms. The molecule has 1 aromatic rings. The summed E-state index contributed by atoms with van der Waals surface area (Å²) in [5, 5.41) is 0. The summed E-state index contributed by atoms with van der Waals surface area (Å²) < 4.78 is 24.5. The highest BCUT2D eigenvalue weighted by molar-refractivity contribution is 7.00. The zero-order valence-electron chi connectivity index (χ0n) is 17.9. The number of rotatable bonds is 9. The van der Waals surface area contributed by atoms with Crippen molar-refractivity contribution in [3.63, 3.8) is 0 Å². The molecule has 1 aliphatic carbocycles. The molecule has 7 heteroatoms. The Bertz CT molecular complexity index is 632. The summed E-state index contributed by atoms with van der Waals surface area (Å²) in [4.78, 5) is 26.4. The Balaban J connectivity index is 0.00000204. The van der Waals surface area contributed by atoms with Crippen molar-refractivity contribution >= 4 is 20.9 Å². The van der Waals surface area contributed by atoms with E-state index in [2.05, 4.69) is 13.8 Å². The fourth-order valence-electron chi connectivity index (χ4n) is 3.72. The molecule has 1 saturated carbocycles. The van der Waals surface area contributed by atoms with Crippen molar-refractivity contribution in [2.45, 2.75) is 52.4 Å². The van der Waals surface area contributed by atoms with Crippen molar-refractivity contribution in [3.8, 4) is 11.5 Å². The van der Waals surface area contributed by atoms with Gasteiger partial charge in [0.25, 0.3) is 0 Å². The van der Waals surface area contributed by atoms with Crippen molar-refractivity contribution in [3.05, 3.63) is 23.8 Å². The molecule has 0 spiro atoms. The number of carbonyl (C=O) groups is 2. The molecule has 1 aliphatic rings. The van der Waals surface area contributed by atoms with E-state index in [9.17, 15) is 9.59 Å². The Morgan fingerprint density at radius 3 is 2.07 bits per heavy atom. The Labute approximate surface area is 175 Å². The van der Waals surface area contributed by atoms with Gasteiger partial charge < -0.3 is 14.2 Å². The predicted molar refractivity (Wildman–Crippen MR) is 115 cm³/mol. The van der Waals surface area contributed by atoms with Crippen molar-refractivity contribution in [1.82, 2.24) is 0 Å². The summed E-state index contributed by atoms with van der Waals surface area (Å²) >= 11 is 0. The second-order valence-electron chi connectivity index (χ2n) is 7.63. The lowest BCUT2D eigenvalue weighted by molar-refractivity contribution is -0.149. The van der Waals surface area contributed by atoms with E-state index in [-0.39, 0.29) is 11.7 Å². The van der Waals surface area contributed by atoms with Gasteiger partial charge >= 0.3 is 15.1 Å². The standard InChI is InChI=1S/C22H32O5.H2OP/c1-15(2)13-14-27-22(24)19(16-9-6-5-7-10-16)21(23)20-17(25-3)11-8-12-18(20)26-4;1-2/h8,11-12,15-16,19H,5-7,9-10,13-14H2,1-4H3;2H2/q;+1. The lowest BCUT2D eigenvalue weighted by atomic mass is 9.76. The van der Waals surface area contributed by atoms with Crippen LogP contribution in [0.25, 0.3) is 0 Å². The van der Waals surface area contributed by atoms with Crippen molar-refractivity contribution in [2.75, 3.05) is 20.8 Å². The minimum absolute atomic E-state index is 0.00687. The van der Waals surface area contributed by atoms with E-state index in [0.29, 0.717) is 29.6 Å². The monoisotopic (exact) mass is 425 g/mol. The molecule has 0 N–H and O–H groups in total. The summed E-state index contributed by atoms with van der Waals surface area (Å²) in [6, 6.07) is 5.21. The highest BCUT2D eigenvalue weighted by atomic mass is 31.0. The number of esters is 1. The largest absolute Gasteiger partial charge is 0.496 e. The van der Waals surface area contributed by atoms with E-state index >= 15 is 0 Å². The molecule has 0 heterocycles. The Morgan fingerprint density at radius 2 is 1.59 bits per heavy atom. The van der Waals surface area contributed by atoms with Gasteiger partial charge in [-0.1, -0.05) is 43.7 Å². The number of hydrogen-bond donors (Lipinski definition) is 0. The average Bonchev–Trinajstić information content (AvgIpc) is 2.75. The van der Waals surface area contributed by atoms with E-state index in [4.69, 9.17) is 18.8 Å². The molecular weight excluding hydrogens is 391 g/mol. The number of methoxy groups -OCH3 is 2. The van der Waals surface area contributed by atoms with Crippen LogP contribution in [0.15, 0.2) is 18.2 Å². The van der Waals surface area contributed by atoms with Crippen LogP contribution in [0.3, 0.4) is 0 Å². The molecule has 0 radical (unpaired) electrons. The number of carbonyl (C=O) groups excluding carboxylic acids is 2. The molecule has 1 fully saturated rings. The van der Waals surface area contributed by atoms with Crippen molar-refractivity contribution < 1.29 is 28.4 Å². The molecular formula is C22H34O6P+. The lowest BCUT2D eigenvalue weighted by Crippen LogP contribution is -2.35. The lowest BCUT2D eigenvalue weighted by Gasteiger charge is -2.28. The van der Waals surface area contributed by atoms with Gasteiger partial charge in [-0.2, -0.15) is 0 Å². The Hall–Kier alpha value is -1.94. The second kappa shape index (κ2) is 13.3. The Morgan fingerprint density at radius 1 is 1.03 bits per heavy atom. The highest BCUT2D eigenvalue weighted by Crippen LogP contribution is 2.37. The highest BCUT2D eigenvalue weighted by Gasteiger charge is 2.39. The van der Waals surface area contributed by atoms with Crippen LogP contribution in [-0.2, 0) is 14.1 Å². The van der Waals surface area contributed by atoms with E-state index in [1.165, 1.54) is 23.3 Å². The zero-order valence-corrected chi connectivity index (χ0v) is 19.1. The summed E-state index contributed by atoms with van der Waals surface area (Å²) in [6.07, 6.45) is 5.75. The summed E-state index contributed by atoms with van der Waals surface area (Å²) in [5.41, 5.74) is 0.332. The summed E-state index contributed by atoms with van der Waals surface area (Å²) in [6.45, 7) is 4.50. The Kier molecular flexibility index (Phi) is 11.5. The number of hydrogen-bond acceptors (Lipinski definition) is 6. The maximum absolute atomic E-state index is 13.5. The van der Waals surface area contributed by atoms with Crippen LogP contribution >= 0.6 is 9.12 Å². The maximum Gasteiger partial charge on any atom is 0.317 e. The van der Waals surface area contributed by atoms with E-state index in [1.807, 2.05) is 0 Å². The molecule has 6 nitrogen and oxygen atoms in total. The second-order valence-corrected chi connectivity index (χ2v) is 7.63. The van der Waals surface area contributed by atoms with Gasteiger partial charge in [0.05, 0.1) is 20.8 Å². The van der Waals surface area contributed by atoms with Crippen LogP contribution in [0.1, 0.15) is 62.7 Å². The maximum atomic E-state index is 13.5. The number of benzene rings is 1. The molecule has 2 unspecified atom stereocenters. The zero-order chi connectivity index (χ0) is 21.8. The van der Waals surface area contributed by atoms with Crippen molar-refractivity contribution in [1.29, 1.82) is 0 Å². The minimum atomic E-state index is -0.803. The van der Waals surface area contributed by atoms with Gasteiger partial charge in [0.15, 0.2) is 5.78 Å². The van der Waals surface area contributed by atoms with Crippen LogP contribution in [0.4, 0.5) is 0 Å². The van der Waals surface area contributed by atoms with Gasteiger partial charge in [0.1, 0.15) is 23.0 Å². The van der Waals surface area contributed by atoms with Gasteiger partial charge in [-0.05, 0) is 43.2 Å². The van der Waals surface area contributed by atoms with E-state index in [0.717, 1.165) is 38.5 Å². The van der Waals surface area contributed by atoms with Crippen LogP contribution in [0.5, 0.6) is 11.5 Å². The SMILES string of the molecule is COc1cccc(OC)c1C(=O)C(C(=O)OCCC(C)C)C1CCCCC1.O=[PH2+]. The van der Waals surface area contributed by atoms with E-state index in [1.54, 1.807) is 18.2 Å². The summed E-state index contributed by atoms with van der Waals surface area (Å²) in [5.74, 6) is -0.178. The molecule has 0 aliphatic heterocycles. The fraction of sp³-hybridized carbons (Fsp3) is 0.636. The molecule has 0 aromatic heterocycles. The molecule has 0 amide bonds. The smallest absolute Gasteiger partial charge is 0.317 e. The summed E-state index contributed by atoms with van der Waals surface area (Å²) in [7, 11) is 4.20. The van der Waals surface area contributed by atoms with Crippen LogP contribution in [-0.4, -0.2) is 32.6 Å². The fourth-order valence-corrected chi connectivity index (χ4v) is 3.72. The normalized spacial score (nSPS) is 15.1. The van der Waals surface area contributed by atoms with E-state index < -0.39 is 11.9 Å². The molecule has 162 valence electrons. The molecule has 2 atom stereocenters. The third-order valence-corrected chi connectivity index (χ3v) is 5.27. The van der Waals surface area contributed by atoms with Gasteiger partial charge in [-0.25, -0.2) is 0 Å². The quantitative estimate of drug-likeness (QED) is 0.243. The van der Waals surface area contributed by atoms with Gasteiger partial charge in [-0.3, -0.25) is 9.59 Å². The third-order valence-electron chi connectivity index (χ3n) is 5.27. The average molecular weight is 425 g/mol. The number of Topliss-reactive ketones (excluding diaryl/α,β-unsaturated/α-hetero) is 1. The molecule has 2 rings (SSSR count). The first-order chi connectivity index (χ1) is 14.0.